The second-order valence-corrected chi connectivity index (χ2v) is 7.93. The van der Waals surface area contributed by atoms with Crippen molar-refractivity contribution in [1.82, 2.24) is 9.55 Å². The van der Waals surface area contributed by atoms with E-state index in [-0.39, 0.29) is 18.1 Å². The summed E-state index contributed by atoms with van der Waals surface area (Å²) in [6.45, 7) is 10.5. The molecule has 164 valence electrons. The summed E-state index contributed by atoms with van der Waals surface area (Å²) in [6.07, 6.45) is -0.316. The third kappa shape index (κ3) is 7.04. The zero-order valence-corrected chi connectivity index (χ0v) is 18.4. The Bertz CT molecular complexity index is 735. The highest BCUT2D eigenvalue weighted by atomic mass is 16.6. The number of aromatic nitrogens is 2. The summed E-state index contributed by atoms with van der Waals surface area (Å²) >= 11 is 0. The van der Waals surface area contributed by atoms with Crippen molar-refractivity contribution in [2.45, 2.75) is 59.2 Å². The molecule has 0 fully saturated rings. The van der Waals surface area contributed by atoms with E-state index in [1.165, 1.54) is 25.1 Å². The van der Waals surface area contributed by atoms with Gasteiger partial charge in [-0.1, -0.05) is 0 Å². The molecule has 1 aromatic heterocycles. The van der Waals surface area contributed by atoms with Gasteiger partial charge in [0.1, 0.15) is 11.2 Å². The Hall–Kier alpha value is -2.62. The van der Waals surface area contributed by atoms with Crippen molar-refractivity contribution in [1.29, 1.82) is 0 Å². The summed E-state index contributed by atoms with van der Waals surface area (Å²) < 4.78 is 22.2. The topological polar surface area (TPSA) is 109 Å². The van der Waals surface area contributed by atoms with E-state index in [4.69, 9.17) is 18.9 Å². The van der Waals surface area contributed by atoms with Crippen LogP contribution in [0.1, 0.15) is 58.5 Å². The number of ether oxygens (including phenoxy) is 4. The minimum absolute atomic E-state index is 0.106. The van der Waals surface area contributed by atoms with Crippen molar-refractivity contribution in [2.24, 2.45) is 7.05 Å². The van der Waals surface area contributed by atoms with Gasteiger partial charge < -0.3 is 23.5 Å². The third-order valence-corrected chi connectivity index (χ3v) is 3.62. The van der Waals surface area contributed by atoms with Gasteiger partial charge >= 0.3 is 18.2 Å². The van der Waals surface area contributed by atoms with Crippen LogP contribution in [0.2, 0.25) is 0 Å². The lowest BCUT2D eigenvalue weighted by Crippen LogP contribution is -2.46. The summed E-state index contributed by atoms with van der Waals surface area (Å²) in [4.78, 5) is 42.8. The molecular formula is C19H31N3O7. The first-order valence-corrected chi connectivity index (χ1v) is 9.26. The van der Waals surface area contributed by atoms with Gasteiger partial charge in [0.15, 0.2) is 11.5 Å². The number of amides is 2. The smallest absolute Gasteiger partial charge is 0.425 e. The molecule has 0 aliphatic rings. The lowest BCUT2D eigenvalue weighted by molar-refractivity contribution is 0.0154. The molecule has 0 aliphatic carbocycles. The molecule has 0 aliphatic heterocycles. The number of methoxy groups -OCH3 is 1. The first-order valence-electron chi connectivity index (χ1n) is 9.26. The van der Waals surface area contributed by atoms with Gasteiger partial charge in [-0.25, -0.2) is 19.4 Å². The maximum Gasteiger partial charge on any atom is 0.425 e. The number of carbonyl (C=O) groups excluding carboxylic acids is 3. The molecule has 0 bridgehead atoms. The highest BCUT2D eigenvalue weighted by molar-refractivity contribution is 6.12. The van der Waals surface area contributed by atoms with Crippen molar-refractivity contribution in [3.63, 3.8) is 0 Å². The zero-order valence-electron chi connectivity index (χ0n) is 18.4. The summed E-state index contributed by atoms with van der Waals surface area (Å²) in [5.74, 6) is -0.881. The number of aryl methyl sites for hydroxylation is 1. The van der Waals surface area contributed by atoms with Crippen molar-refractivity contribution in [3.8, 4) is 0 Å². The Balaban J connectivity index is 3.37. The van der Waals surface area contributed by atoms with Crippen molar-refractivity contribution in [2.75, 3.05) is 25.2 Å². The number of imidazole rings is 1. The van der Waals surface area contributed by atoms with Gasteiger partial charge in [-0.05, 0) is 41.5 Å². The fourth-order valence-corrected chi connectivity index (χ4v) is 2.27. The molecule has 0 atom stereocenters. The predicted molar refractivity (Wildman–Crippen MR) is 105 cm³/mol. The predicted octanol–water partition coefficient (Wildman–Crippen LogP) is 3.29. The molecular weight excluding hydrogens is 382 g/mol. The van der Waals surface area contributed by atoms with Gasteiger partial charge in [-0.2, -0.15) is 4.90 Å². The fourth-order valence-electron chi connectivity index (χ4n) is 2.27. The van der Waals surface area contributed by atoms with E-state index < -0.39 is 29.4 Å². The highest BCUT2D eigenvalue weighted by Crippen LogP contribution is 2.26. The molecule has 0 N–H and O–H groups in total. The fraction of sp³-hybridized carbons (Fsp3) is 0.684. The third-order valence-electron chi connectivity index (χ3n) is 3.62. The van der Waals surface area contributed by atoms with Crippen LogP contribution in [0.3, 0.4) is 0 Å². The quantitative estimate of drug-likeness (QED) is 0.495. The lowest BCUT2D eigenvalue weighted by Gasteiger charge is -2.30. The van der Waals surface area contributed by atoms with Crippen molar-refractivity contribution >= 4 is 24.0 Å². The maximum absolute atomic E-state index is 13.0. The van der Waals surface area contributed by atoms with E-state index in [0.717, 1.165) is 0 Å². The second-order valence-electron chi connectivity index (χ2n) is 7.93. The van der Waals surface area contributed by atoms with Crippen LogP contribution < -0.4 is 4.90 Å². The Kier molecular flexibility index (Phi) is 8.19. The van der Waals surface area contributed by atoms with Gasteiger partial charge in [-0.15, -0.1) is 0 Å². The van der Waals surface area contributed by atoms with E-state index in [1.807, 2.05) is 0 Å². The molecule has 0 radical (unpaired) electrons. The number of hydrogen-bond acceptors (Lipinski definition) is 8. The zero-order chi connectivity index (χ0) is 22.4. The van der Waals surface area contributed by atoms with Gasteiger partial charge in [-0.3, -0.25) is 0 Å². The van der Waals surface area contributed by atoms with E-state index in [0.29, 0.717) is 17.9 Å². The first kappa shape index (κ1) is 24.4. The normalized spacial score (nSPS) is 11.7. The number of nitrogens with zero attached hydrogens (tertiary/aromatic N) is 3. The largest absolute Gasteiger partial charge is 0.461 e. The highest BCUT2D eigenvalue weighted by Gasteiger charge is 2.38. The van der Waals surface area contributed by atoms with Crippen LogP contribution in [-0.4, -0.2) is 59.2 Å². The molecule has 2 amide bonds. The summed E-state index contributed by atoms with van der Waals surface area (Å²) in [7, 11) is 3.07. The van der Waals surface area contributed by atoms with Gasteiger partial charge in [0.2, 0.25) is 0 Å². The molecule has 0 unspecified atom stereocenters. The second kappa shape index (κ2) is 9.73. The van der Waals surface area contributed by atoms with Crippen LogP contribution in [0, 0.1) is 0 Å². The minimum atomic E-state index is -1.01. The molecule has 29 heavy (non-hydrogen) atoms. The Labute approximate surface area is 171 Å². The standard InChI is InChI=1S/C19H31N3O7/c1-9-27-15(23)13-14(21(7)12-20-13)22(16(24)28-18(2,3)4)17(25)29-19(5,6)10-11-26-8/h12H,9-11H2,1-8H3. The Morgan fingerprint density at radius 3 is 2.21 bits per heavy atom. The minimum Gasteiger partial charge on any atom is -0.461 e. The summed E-state index contributed by atoms with van der Waals surface area (Å²) in [6, 6.07) is 0. The van der Waals surface area contributed by atoms with Crippen LogP contribution >= 0.6 is 0 Å². The van der Waals surface area contributed by atoms with Crippen LogP contribution in [0.25, 0.3) is 0 Å². The van der Waals surface area contributed by atoms with Crippen molar-refractivity contribution < 1.29 is 33.3 Å². The molecule has 0 saturated heterocycles. The number of hydrogen-bond donors (Lipinski definition) is 0. The molecule has 1 heterocycles. The van der Waals surface area contributed by atoms with E-state index in [1.54, 1.807) is 41.5 Å². The average molecular weight is 413 g/mol. The molecule has 1 aromatic rings. The molecule has 10 heteroatoms. The van der Waals surface area contributed by atoms with Gasteiger partial charge in [0, 0.05) is 27.2 Å². The molecule has 1 rings (SSSR count). The van der Waals surface area contributed by atoms with E-state index in [2.05, 4.69) is 4.98 Å². The first-order chi connectivity index (χ1) is 13.3. The number of carbonyl (C=O) groups is 3. The molecule has 0 aromatic carbocycles. The van der Waals surface area contributed by atoms with E-state index >= 15 is 0 Å². The average Bonchev–Trinajstić information content (AvgIpc) is 2.93. The van der Waals surface area contributed by atoms with Crippen LogP contribution in [0.5, 0.6) is 0 Å². The number of esters is 1. The monoisotopic (exact) mass is 413 g/mol. The van der Waals surface area contributed by atoms with Crippen LogP contribution in [0.15, 0.2) is 6.33 Å². The van der Waals surface area contributed by atoms with E-state index in [9.17, 15) is 14.4 Å². The SMILES string of the molecule is CCOC(=O)c1ncn(C)c1N(C(=O)OC(C)(C)C)C(=O)OC(C)(C)CCOC. The maximum atomic E-state index is 13.0. The molecule has 0 spiro atoms. The number of anilines is 1. The summed E-state index contributed by atoms with van der Waals surface area (Å²) in [5.41, 5.74) is -2.02. The number of rotatable bonds is 7. The van der Waals surface area contributed by atoms with Crippen molar-refractivity contribution in [3.05, 3.63) is 12.0 Å². The Morgan fingerprint density at radius 1 is 1.10 bits per heavy atom. The molecule has 10 nitrogen and oxygen atoms in total. The molecule has 0 saturated carbocycles. The van der Waals surface area contributed by atoms with Gasteiger partial charge in [0.25, 0.3) is 0 Å². The Morgan fingerprint density at radius 2 is 1.69 bits per heavy atom. The van der Waals surface area contributed by atoms with Crippen LogP contribution in [0.4, 0.5) is 15.4 Å². The van der Waals surface area contributed by atoms with Gasteiger partial charge in [0.05, 0.1) is 12.9 Å². The lowest BCUT2D eigenvalue weighted by atomic mass is 10.1. The number of imide groups is 1. The van der Waals surface area contributed by atoms with Crippen LogP contribution in [-0.2, 0) is 26.0 Å². The summed E-state index contributed by atoms with van der Waals surface area (Å²) in [5, 5.41) is 0.